The zero-order valence-corrected chi connectivity index (χ0v) is 10.0. The van der Waals surface area contributed by atoms with Crippen molar-refractivity contribution in [1.82, 2.24) is 9.38 Å². The molecule has 0 spiro atoms. The Hall–Kier alpha value is -1.55. The van der Waals surface area contributed by atoms with Crippen LogP contribution < -0.4 is 4.90 Å². The van der Waals surface area contributed by atoms with Gasteiger partial charge in [-0.2, -0.15) is 0 Å². The highest BCUT2D eigenvalue weighted by atomic mass is 16.3. The van der Waals surface area contributed by atoms with Crippen LogP contribution in [0.15, 0.2) is 30.6 Å². The summed E-state index contributed by atoms with van der Waals surface area (Å²) in [5.41, 5.74) is 0.369. The quantitative estimate of drug-likeness (QED) is 0.812. The average molecular weight is 231 g/mol. The van der Waals surface area contributed by atoms with Gasteiger partial charge in [-0.25, -0.2) is 4.98 Å². The number of aromatic nitrogens is 2. The molecule has 1 unspecified atom stereocenters. The topological polar surface area (TPSA) is 40.8 Å². The van der Waals surface area contributed by atoms with E-state index >= 15 is 0 Å². The van der Waals surface area contributed by atoms with Crippen LogP contribution >= 0.6 is 0 Å². The van der Waals surface area contributed by atoms with Crippen molar-refractivity contribution < 1.29 is 5.11 Å². The molecule has 0 amide bonds. The van der Waals surface area contributed by atoms with Gasteiger partial charge in [0.1, 0.15) is 11.5 Å². The summed E-state index contributed by atoms with van der Waals surface area (Å²) < 4.78 is 2.07. The summed E-state index contributed by atoms with van der Waals surface area (Å²) in [6.07, 6.45) is 5.68. The summed E-state index contributed by atoms with van der Waals surface area (Å²) in [6, 6.07) is 6.09. The van der Waals surface area contributed by atoms with Gasteiger partial charge in [0.25, 0.3) is 0 Å². The molecule has 0 saturated carbocycles. The van der Waals surface area contributed by atoms with Crippen molar-refractivity contribution in [2.24, 2.45) is 0 Å². The number of β-amino-alcohol motifs (C(OH)–C–C–N with tert-alkyl or cyclic N) is 1. The van der Waals surface area contributed by atoms with Gasteiger partial charge in [-0.1, -0.05) is 6.07 Å². The first-order valence-electron chi connectivity index (χ1n) is 6.05. The lowest BCUT2D eigenvalue weighted by atomic mass is 9.95. The third-order valence-electron chi connectivity index (χ3n) is 3.41. The predicted octanol–water partition coefficient (Wildman–Crippen LogP) is 1.69. The molecule has 3 heterocycles. The van der Waals surface area contributed by atoms with Gasteiger partial charge >= 0.3 is 0 Å². The number of pyridine rings is 1. The summed E-state index contributed by atoms with van der Waals surface area (Å²) in [7, 11) is 0. The highest BCUT2D eigenvalue weighted by molar-refractivity contribution is 5.52. The minimum Gasteiger partial charge on any atom is -0.388 e. The molecule has 2 aromatic heterocycles. The Bertz CT molecular complexity index is 532. The molecule has 2 aromatic rings. The Morgan fingerprint density at radius 3 is 3.12 bits per heavy atom. The van der Waals surface area contributed by atoms with Crippen LogP contribution in [0.25, 0.3) is 5.65 Å². The van der Waals surface area contributed by atoms with Crippen molar-refractivity contribution in [3.05, 3.63) is 30.6 Å². The number of nitrogens with zero attached hydrogens (tertiary/aromatic N) is 3. The van der Waals surface area contributed by atoms with Gasteiger partial charge in [-0.3, -0.25) is 4.40 Å². The molecule has 3 rings (SSSR count). The monoisotopic (exact) mass is 231 g/mol. The zero-order valence-electron chi connectivity index (χ0n) is 10.0. The molecule has 4 nitrogen and oxygen atoms in total. The van der Waals surface area contributed by atoms with Crippen LogP contribution in [0.1, 0.15) is 19.8 Å². The number of hydrogen-bond acceptors (Lipinski definition) is 3. The van der Waals surface area contributed by atoms with Gasteiger partial charge in [0.2, 0.25) is 0 Å². The predicted molar refractivity (Wildman–Crippen MR) is 67.3 cm³/mol. The molecular formula is C13H17N3O. The highest BCUT2D eigenvalue weighted by Crippen LogP contribution is 2.25. The largest absolute Gasteiger partial charge is 0.388 e. The number of piperidine rings is 1. The molecule has 0 radical (unpaired) electrons. The van der Waals surface area contributed by atoms with Crippen molar-refractivity contribution in [3.63, 3.8) is 0 Å². The minimum absolute atomic E-state index is 0.582. The first-order chi connectivity index (χ1) is 8.16. The fourth-order valence-electron chi connectivity index (χ4n) is 2.61. The normalized spacial score (nSPS) is 25.4. The number of anilines is 1. The Kier molecular flexibility index (Phi) is 2.33. The van der Waals surface area contributed by atoms with Crippen LogP contribution in [0.4, 0.5) is 5.82 Å². The number of fused-ring (bicyclic) bond motifs is 1. The lowest BCUT2D eigenvalue weighted by Crippen LogP contribution is -2.46. The SMILES string of the molecule is CC1(O)CCCN(c2cccc3nccn23)C1. The van der Waals surface area contributed by atoms with E-state index < -0.39 is 5.60 Å². The molecule has 0 aromatic carbocycles. The summed E-state index contributed by atoms with van der Waals surface area (Å²) >= 11 is 0. The van der Waals surface area contributed by atoms with Gasteiger partial charge in [0.05, 0.1) is 5.60 Å². The number of rotatable bonds is 1. The molecule has 1 saturated heterocycles. The first-order valence-corrected chi connectivity index (χ1v) is 6.05. The average Bonchev–Trinajstić information content (AvgIpc) is 2.75. The van der Waals surface area contributed by atoms with Gasteiger partial charge < -0.3 is 10.0 Å². The van der Waals surface area contributed by atoms with E-state index in [4.69, 9.17) is 0 Å². The summed E-state index contributed by atoms with van der Waals surface area (Å²) in [4.78, 5) is 6.52. The van der Waals surface area contributed by atoms with Crippen molar-refractivity contribution in [2.75, 3.05) is 18.0 Å². The van der Waals surface area contributed by atoms with Crippen molar-refractivity contribution >= 4 is 11.5 Å². The fraction of sp³-hybridized carbons (Fsp3) is 0.462. The van der Waals surface area contributed by atoms with E-state index in [9.17, 15) is 5.11 Å². The van der Waals surface area contributed by atoms with Gasteiger partial charge in [-0.05, 0) is 31.9 Å². The van der Waals surface area contributed by atoms with E-state index in [1.54, 1.807) is 6.20 Å². The molecule has 0 bridgehead atoms. The van der Waals surface area contributed by atoms with Crippen LogP contribution in [0.3, 0.4) is 0 Å². The Labute approximate surface area is 101 Å². The summed E-state index contributed by atoms with van der Waals surface area (Å²) in [6.45, 7) is 3.59. The fourth-order valence-corrected chi connectivity index (χ4v) is 2.61. The zero-order chi connectivity index (χ0) is 11.9. The second-order valence-electron chi connectivity index (χ2n) is 5.06. The van der Waals surface area contributed by atoms with Gasteiger partial charge in [-0.15, -0.1) is 0 Å². The molecule has 1 fully saturated rings. The number of imidazole rings is 1. The summed E-state index contributed by atoms with van der Waals surface area (Å²) in [5, 5.41) is 10.2. The van der Waals surface area contributed by atoms with Crippen LogP contribution in [-0.4, -0.2) is 33.2 Å². The van der Waals surface area contributed by atoms with Crippen LogP contribution in [0.5, 0.6) is 0 Å². The number of aliphatic hydroxyl groups is 1. The van der Waals surface area contributed by atoms with Crippen LogP contribution in [-0.2, 0) is 0 Å². The molecule has 1 atom stereocenters. The van der Waals surface area contributed by atoms with E-state index in [2.05, 4.69) is 20.4 Å². The van der Waals surface area contributed by atoms with E-state index in [1.165, 1.54) is 0 Å². The Morgan fingerprint density at radius 2 is 2.29 bits per heavy atom. The standard InChI is InChI=1S/C13H17N3O/c1-13(17)6-3-8-15(10-13)12-5-2-4-11-14-7-9-16(11)12/h2,4-5,7,9,17H,3,6,8,10H2,1H3. The van der Waals surface area contributed by atoms with Crippen LogP contribution in [0.2, 0.25) is 0 Å². The molecule has 0 aliphatic carbocycles. The third-order valence-corrected chi connectivity index (χ3v) is 3.41. The maximum absolute atomic E-state index is 10.2. The van der Waals surface area contributed by atoms with Gasteiger partial charge in [0, 0.05) is 25.5 Å². The molecule has 4 heteroatoms. The molecular weight excluding hydrogens is 214 g/mol. The first kappa shape index (κ1) is 10.6. The lowest BCUT2D eigenvalue weighted by Gasteiger charge is -2.38. The molecule has 1 aliphatic heterocycles. The maximum atomic E-state index is 10.2. The maximum Gasteiger partial charge on any atom is 0.138 e. The summed E-state index contributed by atoms with van der Waals surface area (Å²) in [5.74, 6) is 1.11. The highest BCUT2D eigenvalue weighted by Gasteiger charge is 2.29. The lowest BCUT2D eigenvalue weighted by molar-refractivity contribution is 0.0446. The van der Waals surface area contributed by atoms with Crippen molar-refractivity contribution in [1.29, 1.82) is 0 Å². The Balaban J connectivity index is 2.00. The molecule has 90 valence electrons. The van der Waals surface area contributed by atoms with E-state index in [0.717, 1.165) is 30.9 Å². The van der Waals surface area contributed by atoms with Crippen molar-refractivity contribution in [2.45, 2.75) is 25.4 Å². The van der Waals surface area contributed by atoms with Crippen LogP contribution in [0, 0.1) is 0 Å². The third kappa shape index (κ3) is 1.89. The smallest absolute Gasteiger partial charge is 0.138 e. The van der Waals surface area contributed by atoms with Gasteiger partial charge in [0.15, 0.2) is 0 Å². The van der Waals surface area contributed by atoms with E-state index in [-0.39, 0.29) is 0 Å². The second kappa shape index (κ2) is 3.74. The van der Waals surface area contributed by atoms with E-state index in [0.29, 0.717) is 6.54 Å². The molecule has 17 heavy (non-hydrogen) atoms. The van der Waals surface area contributed by atoms with E-state index in [1.807, 2.05) is 25.3 Å². The minimum atomic E-state index is -0.582. The molecule has 1 N–H and O–H groups in total. The molecule has 1 aliphatic rings. The second-order valence-corrected chi connectivity index (χ2v) is 5.06. The Morgan fingerprint density at radius 1 is 1.41 bits per heavy atom. The van der Waals surface area contributed by atoms with Crippen molar-refractivity contribution in [3.8, 4) is 0 Å². The number of hydrogen-bond donors (Lipinski definition) is 1.